The fourth-order valence-corrected chi connectivity index (χ4v) is 6.52. The van der Waals surface area contributed by atoms with Crippen LogP contribution in [0.25, 0.3) is 0 Å². The summed E-state index contributed by atoms with van der Waals surface area (Å²) < 4.78 is 0. The van der Waals surface area contributed by atoms with Crippen LogP contribution < -0.4 is 9.80 Å². The van der Waals surface area contributed by atoms with Crippen molar-refractivity contribution in [1.82, 2.24) is 0 Å². The maximum absolute atomic E-state index is 2.46. The zero-order valence-corrected chi connectivity index (χ0v) is 20.0. The molecule has 2 fully saturated rings. The minimum Gasteiger partial charge on any atom is -0.322 e. The molecule has 0 amide bonds. The van der Waals surface area contributed by atoms with Crippen LogP contribution in [-0.2, 0) is 13.1 Å². The lowest BCUT2D eigenvalue weighted by Crippen LogP contribution is -3.25. The minimum absolute atomic E-state index is 0.367. The van der Waals surface area contributed by atoms with Gasteiger partial charge in [-0.2, -0.15) is 0 Å². The molecule has 1 aromatic carbocycles. The number of quaternary nitrogens is 2. The SMILES string of the molecule is CC1(C)CCCC(C)(C)[NH+]1Cc1ccc(C[NH+]2C(C)(C)CCCC2(C)C)cc1. The lowest BCUT2D eigenvalue weighted by molar-refractivity contribution is -1.01. The molecule has 2 N–H and O–H groups in total. The molecule has 2 aliphatic rings. The highest BCUT2D eigenvalue weighted by atomic mass is 15.3. The number of benzene rings is 1. The smallest absolute Gasteiger partial charge is 0.104 e. The average molecular weight is 387 g/mol. The van der Waals surface area contributed by atoms with Crippen molar-refractivity contribution < 1.29 is 9.80 Å². The van der Waals surface area contributed by atoms with Crippen molar-refractivity contribution in [2.45, 2.75) is 129 Å². The van der Waals surface area contributed by atoms with E-state index in [1.165, 1.54) is 49.7 Å². The van der Waals surface area contributed by atoms with Gasteiger partial charge >= 0.3 is 0 Å². The molecule has 0 aromatic heterocycles. The van der Waals surface area contributed by atoms with E-state index >= 15 is 0 Å². The molecule has 1 aromatic rings. The van der Waals surface area contributed by atoms with E-state index in [0.29, 0.717) is 22.2 Å². The summed E-state index contributed by atoms with van der Waals surface area (Å²) in [7, 11) is 0. The third-order valence-corrected chi connectivity index (χ3v) is 8.26. The molecule has 0 bridgehead atoms. The van der Waals surface area contributed by atoms with Gasteiger partial charge in [0.1, 0.15) is 13.1 Å². The minimum atomic E-state index is 0.367. The summed E-state index contributed by atoms with van der Waals surface area (Å²) in [6.07, 6.45) is 8.09. The third-order valence-electron chi connectivity index (χ3n) is 8.26. The van der Waals surface area contributed by atoms with Gasteiger partial charge < -0.3 is 9.80 Å². The molecular formula is C26H46N2+2. The first-order valence-corrected chi connectivity index (χ1v) is 11.6. The van der Waals surface area contributed by atoms with Crippen molar-refractivity contribution in [3.63, 3.8) is 0 Å². The highest BCUT2D eigenvalue weighted by Gasteiger charge is 2.46. The van der Waals surface area contributed by atoms with Crippen molar-refractivity contribution in [2.24, 2.45) is 0 Å². The van der Waals surface area contributed by atoms with Crippen molar-refractivity contribution in [3.05, 3.63) is 35.4 Å². The summed E-state index contributed by atoms with van der Waals surface area (Å²) >= 11 is 0. The Morgan fingerprint density at radius 2 is 0.786 bits per heavy atom. The van der Waals surface area contributed by atoms with Crippen LogP contribution in [-0.4, -0.2) is 22.2 Å². The predicted molar refractivity (Wildman–Crippen MR) is 120 cm³/mol. The van der Waals surface area contributed by atoms with Crippen LogP contribution in [0, 0.1) is 0 Å². The van der Waals surface area contributed by atoms with Crippen LogP contribution in [0.1, 0.15) is 105 Å². The van der Waals surface area contributed by atoms with Crippen molar-refractivity contribution >= 4 is 0 Å². The van der Waals surface area contributed by atoms with Crippen LogP contribution in [0.5, 0.6) is 0 Å². The first kappa shape index (κ1) is 21.8. The van der Waals surface area contributed by atoms with Crippen LogP contribution in [0.4, 0.5) is 0 Å². The van der Waals surface area contributed by atoms with E-state index in [1.807, 2.05) is 0 Å². The van der Waals surface area contributed by atoms with E-state index < -0.39 is 0 Å². The lowest BCUT2D eigenvalue weighted by atomic mass is 9.79. The monoisotopic (exact) mass is 386 g/mol. The molecule has 2 heterocycles. The molecule has 0 saturated carbocycles. The Hall–Kier alpha value is -0.860. The summed E-state index contributed by atoms with van der Waals surface area (Å²) in [5.41, 5.74) is 4.46. The van der Waals surface area contributed by atoms with Crippen LogP contribution in [0.3, 0.4) is 0 Å². The van der Waals surface area contributed by atoms with E-state index in [1.54, 1.807) is 9.80 Å². The Balaban J connectivity index is 1.73. The fraction of sp³-hybridized carbons (Fsp3) is 0.769. The largest absolute Gasteiger partial charge is 0.322 e. The highest BCUT2D eigenvalue weighted by molar-refractivity contribution is 5.21. The predicted octanol–water partition coefficient (Wildman–Crippen LogP) is 3.94. The molecular weight excluding hydrogens is 340 g/mol. The molecule has 2 nitrogen and oxygen atoms in total. The summed E-state index contributed by atoms with van der Waals surface area (Å²) in [4.78, 5) is 3.51. The quantitative estimate of drug-likeness (QED) is 0.776. The molecule has 0 spiro atoms. The summed E-state index contributed by atoms with van der Waals surface area (Å²) in [5, 5.41) is 0. The van der Waals surface area contributed by atoms with E-state index in [2.05, 4.69) is 79.7 Å². The van der Waals surface area contributed by atoms with Crippen LogP contribution in [0.2, 0.25) is 0 Å². The second-order valence-corrected chi connectivity index (χ2v) is 12.4. The van der Waals surface area contributed by atoms with Crippen molar-refractivity contribution in [3.8, 4) is 0 Å². The van der Waals surface area contributed by atoms with Gasteiger partial charge in [0.2, 0.25) is 0 Å². The number of hydrogen-bond donors (Lipinski definition) is 2. The molecule has 3 rings (SSSR count). The van der Waals surface area contributed by atoms with Gasteiger partial charge in [0.05, 0.1) is 22.2 Å². The van der Waals surface area contributed by atoms with E-state index in [0.717, 1.165) is 13.1 Å². The van der Waals surface area contributed by atoms with Gasteiger partial charge in [0, 0.05) is 36.8 Å². The Bertz CT molecular complexity index is 575. The molecule has 158 valence electrons. The number of rotatable bonds is 4. The summed E-state index contributed by atoms with van der Waals surface area (Å²) in [6, 6.07) is 9.64. The highest BCUT2D eigenvalue weighted by Crippen LogP contribution is 2.25. The Kier molecular flexibility index (Phi) is 5.80. The van der Waals surface area contributed by atoms with Gasteiger partial charge in [0.25, 0.3) is 0 Å². The van der Waals surface area contributed by atoms with Gasteiger partial charge in [0.15, 0.2) is 0 Å². The number of piperidine rings is 2. The maximum atomic E-state index is 2.46. The molecule has 2 heteroatoms. The van der Waals surface area contributed by atoms with Gasteiger partial charge in [-0.1, -0.05) is 24.3 Å². The number of hydrogen-bond acceptors (Lipinski definition) is 0. The lowest BCUT2D eigenvalue weighted by Gasteiger charge is -2.50. The van der Waals surface area contributed by atoms with Gasteiger partial charge in [-0.05, 0) is 68.2 Å². The second kappa shape index (κ2) is 7.43. The third kappa shape index (κ3) is 4.49. The normalized spacial score (nSPS) is 26.9. The Labute approximate surface area is 174 Å². The molecule has 2 saturated heterocycles. The molecule has 2 aliphatic heterocycles. The Morgan fingerprint density at radius 1 is 0.536 bits per heavy atom. The van der Waals surface area contributed by atoms with E-state index in [4.69, 9.17) is 0 Å². The van der Waals surface area contributed by atoms with Crippen molar-refractivity contribution in [1.29, 1.82) is 0 Å². The Morgan fingerprint density at radius 3 is 1.04 bits per heavy atom. The fourth-order valence-electron chi connectivity index (χ4n) is 6.52. The second-order valence-electron chi connectivity index (χ2n) is 12.4. The van der Waals surface area contributed by atoms with Gasteiger partial charge in [-0.3, -0.25) is 0 Å². The molecule has 28 heavy (non-hydrogen) atoms. The van der Waals surface area contributed by atoms with Crippen molar-refractivity contribution in [2.75, 3.05) is 0 Å². The summed E-state index contributed by atoms with van der Waals surface area (Å²) in [5.74, 6) is 0. The van der Waals surface area contributed by atoms with Gasteiger partial charge in [-0.25, -0.2) is 0 Å². The number of nitrogens with one attached hydrogen (secondary N) is 2. The zero-order chi connectivity index (χ0) is 20.8. The molecule has 0 radical (unpaired) electrons. The van der Waals surface area contributed by atoms with Crippen LogP contribution in [0.15, 0.2) is 24.3 Å². The topological polar surface area (TPSA) is 8.88 Å². The van der Waals surface area contributed by atoms with E-state index in [9.17, 15) is 0 Å². The van der Waals surface area contributed by atoms with Crippen LogP contribution >= 0.6 is 0 Å². The zero-order valence-electron chi connectivity index (χ0n) is 20.0. The van der Waals surface area contributed by atoms with Gasteiger partial charge in [-0.15, -0.1) is 0 Å². The molecule has 0 unspecified atom stereocenters. The first-order chi connectivity index (χ1) is 12.8. The molecule has 0 aliphatic carbocycles. The maximum Gasteiger partial charge on any atom is 0.104 e. The number of likely N-dealkylation sites (tertiary alicyclic amines) is 2. The summed E-state index contributed by atoms with van der Waals surface area (Å²) in [6.45, 7) is 22.0. The standard InChI is InChI=1S/C26H44N2/c1-23(2)15-9-16-24(3,4)27(23)19-21-11-13-22(14-12-21)20-28-25(5,6)17-10-18-26(28,7)8/h11-14H,9-10,15-20H2,1-8H3/p+2. The average Bonchev–Trinajstić information content (AvgIpc) is 2.55. The van der Waals surface area contributed by atoms with E-state index in [-0.39, 0.29) is 0 Å². The molecule has 0 atom stereocenters. The first-order valence-electron chi connectivity index (χ1n) is 11.6.